The number of aromatic nitrogens is 4. The Hall–Kier alpha value is -4.96. The fourth-order valence-electron chi connectivity index (χ4n) is 5.64. The number of benzene rings is 5. The summed E-state index contributed by atoms with van der Waals surface area (Å²) in [6.45, 7) is 0. The summed E-state index contributed by atoms with van der Waals surface area (Å²) in [6, 6.07) is 43.2. The highest BCUT2D eigenvalue weighted by Gasteiger charge is 2.15. The summed E-state index contributed by atoms with van der Waals surface area (Å²) in [5.41, 5.74) is 11.2. The van der Waals surface area contributed by atoms with Gasteiger partial charge in [-0.15, -0.1) is 0 Å². The maximum Gasteiger partial charge on any atom is 0.158 e. The lowest BCUT2D eigenvalue weighted by Crippen LogP contribution is -1.94. The van der Waals surface area contributed by atoms with Crippen LogP contribution in [0.3, 0.4) is 0 Å². The molecule has 36 heavy (non-hydrogen) atoms. The molecule has 3 aromatic heterocycles. The van der Waals surface area contributed by atoms with Crippen LogP contribution in [-0.4, -0.2) is 18.8 Å². The molecule has 0 aliphatic heterocycles. The Labute approximate surface area is 206 Å². The second-order valence-corrected chi connectivity index (χ2v) is 9.27. The topological polar surface area (TPSA) is 40.4 Å². The highest BCUT2D eigenvalue weighted by atomic mass is 15.1. The van der Waals surface area contributed by atoms with E-state index in [1.54, 1.807) is 0 Å². The monoisotopic (exact) mass is 462 g/mol. The first-order valence-corrected chi connectivity index (χ1v) is 12.2. The van der Waals surface area contributed by atoms with Crippen LogP contribution in [-0.2, 0) is 0 Å². The summed E-state index contributed by atoms with van der Waals surface area (Å²) in [7, 11) is 0. The van der Waals surface area contributed by atoms with Crippen molar-refractivity contribution in [3.8, 4) is 11.1 Å². The van der Waals surface area contributed by atoms with Gasteiger partial charge in [0.05, 0.1) is 33.1 Å². The minimum atomic E-state index is 1.02. The fraction of sp³-hybridized carbons (Fsp3) is 0. The molecule has 0 saturated carbocycles. The molecule has 0 spiro atoms. The number of rotatable bonds is 1. The lowest BCUT2D eigenvalue weighted by Gasteiger charge is -2.10. The van der Waals surface area contributed by atoms with E-state index in [-0.39, 0.29) is 0 Å². The van der Waals surface area contributed by atoms with Gasteiger partial charge >= 0.3 is 0 Å². The number of aromatic amines is 2. The van der Waals surface area contributed by atoms with Gasteiger partial charge in [-0.1, -0.05) is 84.9 Å². The van der Waals surface area contributed by atoms with Crippen LogP contribution in [0, 0.1) is 0 Å². The Bertz CT molecular complexity index is 2150. The lowest BCUT2D eigenvalue weighted by molar-refractivity contribution is 1.25. The normalized spacial score (nSPS) is 11.9. The molecule has 0 bridgehead atoms. The van der Waals surface area contributed by atoms with E-state index in [9.17, 15) is 0 Å². The van der Waals surface area contributed by atoms with Crippen molar-refractivity contribution < 1.29 is 0 Å². The molecule has 0 aliphatic rings. The molecule has 0 aliphatic carbocycles. The Balaban J connectivity index is 1.74. The number of nitrogens with zero attached hydrogens (tertiary/aromatic N) is 2. The average Bonchev–Trinajstić information content (AvgIpc) is 3.51. The molecular weight excluding hydrogens is 440 g/mol. The lowest BCUT2D eigenvalue weighted by atomic mass is 10.0. The van der Waals surface area contributed by atoms with Gasteiger partial charge in [-0.05, 0) is 47.5 Å². The van der Waals surface area contributed by atoms with Crippen LogP contribution >= 0.6 is 0 Å². The molecule has 3 heterocycles. The number of nitrogens with one attached hydrogen (secondary N) is 2. The SMILES string of the molecule is c1ccc(-c2ccc3c4ccccc4n4c5ccccc5[nH]c4c4[nH]c5ccccc5n4c3c2)cc1. The maximum atomic E-state index is 3.74. The van der Waals surface area contributed by atoms with Crippen LogP contribution in [0.1, 0.15) is 0 Å². The van der Waals surface area contributed by atoms with Crippen LogP contribution in [0.2, 0.25) is 0 Å². The second-order valence-electron chi connectivity index (χ2n) is 9.27. The number of imidazole rings is 2. The van der Waals surface area contributed by atoms with E-state index < -0.39 is 0 Å². The van der Waals surface area contributed by atoms with Crippen molar-refractivity contribution in [2.75, 3.05) is 0 Å². The van der Waals surface area contributed by atoms with Crippen molar-refractivity contribution >= 4 is 55.2 Å². The van der Waals surface area contributed by atoms with Crippen LogP contribution in [0.4, 0.5) is 0 Å². The fourth-order valence-corrected chi connectivity index (χ4v) is 5.64. The quantitative estimate of drug-likeness (QED) is 0.247. The zero-order valence-corrected chi connectivity index (χ0v) is 19.4. The van der Waals surface area contributed by atoms with Crippen LogP contribution in [0.25, 0.3) is 66.3 Å². The summed E-state index contributed by atoms with van der Waals surface area (Å²) >= 11 is 0. The number of hydrogen-bond donors (Lipinski definition) is 2. The van der Waals surface area contributed by atoms with Gasteiger partial charge in [0.15, 0.2) is 11.3 Å². The van der Waals surface area contributed by atoms with Gasteiger partial charge in [-0.25, -0.2) is 0 Å². The minimum absolute atomic E-state index is 1.02. The summed E-state index contributed by atoms with van der Waals surface area (Å²) in [5, 5.41) is 2.40. The largest absolute Gasteiger partial charge is 0.337 e. The molecule has 0 radical (unpaired) electrons. The van der Waals surface area contributed by atoms with Gasteiger partial charge in [0.25, 0.3) is 0 Å². The third kappa shape index (κ3) is 2.64. The van der Waals surface area contributed by atoms with Crippen LogP contribution < -0.4 is 0 Å². The van der Waals surface area contributed by atoms with Gasteiger partial charge < -0.3 is 9.97 Å². The molecule has 0 fully saturated rings. The van der Waals surface area contributed by atoms with Crippen molar-refractivity contribution in [3.63, 3.8) is 0 Å². The van der Waals surface area contributed by atoms with Gasteiger partial charge in [-0.2, -0.15) is 0 Å². The maximum absolute atomic E-state index is 3.74. The van der Waals surface area contributed by atoms with E-state index in [1.807, 2.05) is 0 Å². The first-order valence-electron chi connectivity index (χ1n) is 12.2. The van der Waals surface area contributed by atoms with Crippen LogP contribution in [0.5, 0.6) is 0 Å². The smallest absolute Gasteiger partial charge is 0.158 e. The molecule has 4 heteroatoms. The minimum Gasteiger partial charge on any atom is -0.337 e. The van der Waals surface area contributed by atoms with Gasteiger partial charge in [0, 0.05) is 10.8 Å². The molecular formula is C32H22N4. The third-order valence-corrected chi connectivity index (χ3v) is 7.25. The molecule has 0 atom stereocenters. The van der Waals surface area contributed by atoms with E-state index in [0.717, 1.165) is 44.4 Å². The number of H-pyrrole nitrogens is 2. The first kappa shape index (κ1) is 19.4. The molecule has 8 rings (SSSR count). The van der Waals surface area contributed by atoms with Crippen molar-refractivity contribution in [3.05, 3.63) is 121 Å². The molecule has 0 unspecified atom stereocenters. The van der Waals surface area contributed by atoms with Gasteiger partial charge in [0.1, 0.15) is 0 Å². The summed E-state index contributed by atoms with van der Waals surface area (Å²) in [4.78, 5) is 7.47. The number of para-hydroxylation sites is 5. The second kappa shape index (κ2) is 7.27. The molecule has 4 nitrogen and oxygen atoms in total. The standard InChI is InChI=1S/C32H22N4/c1-2-10-21(11-3-1)22-18-19-24-23-12-4-7-15-27(23)35-28-16-8-5-13-25(28)33-31(35)32-34-26-14-6-9-17-29(26)36(32)30(24)20-22/h1-20,33-34H. The van der Waals surface area contributed by atoms with E-state index >= 15 is 0 Å². The summed E-state index contributed by atoms with van der Waals surface area (Å²) < 4.78 is 4.72. The van der Waals surface area contributed by atoms with E-state index in [1.165, 1.54) is 21.9 Å². The predicted molar refractivity (Wildman–Crippen MR) is 150 cm³/mol. The highest BCUT2D eigenvalue weighted by Crippen LogP contribution is 2.33. The van der Waals surface area contributed by atoms with Crippen LogP contribution in [0.15, 0.2) is 121 Å². The molecule has 170 valence electrons. The van der Waals surface area contributed by atoms with Crippen molar-refractivity contribution in [1.82, 2.24) is 18.8 Å². The molecule has 5 aromatic carbocycles. The third-order valence-electron chi connectivity index (χ3n) is 7.25. The first-order chi connectivity index (χ1) is 17.9. The Kier molecular flexibility index (Phi) is 3.91. The zero-order chi connectivity index (χ0) is 23.6. The average molecular weight is 463 g/mol. The number of hydrogen-bond acceptors (Lipinski definition) is 0. The number of fused-ring (bicyclic) bond motifs is 12. The zero-order valence-electron chi connectivity index (χ0n) is 19.4. The summed E-state index contributed by atoms with van der Waals surface area (Å²) in [6.07, 6.45) is 0. The van der Waals surface area contributed by atoms with Gasteiger partial charge in [0.2, 0.25) is 0 Å². The van der Waals surface area contributed by atoms with Crippen molar-refractivity contribution in [2.24, 2.45) is 0 Å². The van der Waals surface area contributed by atoms with Gasteiger partial charge in [-0.3, -0.25) is 8.80 Å². The highest BCUT2D eigenvalue weighted by molar-refractivity contribution is 6.08. The molecule has 0 amide bonds. The summed E-state index contributed by atoms with van der Waals surface area (Å²) in [5.74, 6) is 0. The Morgan fingerprint density at radius 1 is 0.389 bits per heavy atom. The Morgan fingerprint density at radius 2 is 0.917 bits per heavy atom. The van der Waals surface area contributed by atoms with Crippen molar-refractivity contribution in [1.29, 1.82) is 0 Å². The Morgan fingerprint density at radius 3 is 1.61 bits per heavy atom. The van der Waals surface area contributed by atoms with E-state index in [2.05, 4.69) is 140 Å². The van der Waals surface area contributed by atoms with E-state index in [0.29, 0.717) is 0 Å². The molecule has 2 N–H and O–H groups in total. The molecule has 8 aromatic rings. The molecule has 0 saturated heterocycles. The predicted octanol–water partition coefficient (Wildman–Crippen LogP) is 8.25. The van der Waals surface area contributed by atoms with Crippen molar-refractivity contribution in [2.45, 2.75) is 0 Å². The van der Waals surface area contributed by atoms with E-state index in [4.69, 9.17) is 0 Å².